The van der Waals surface area contributed by atoms with E-state index < -0.39 is 23.1 Å². The van der Waals surface area contributed by atoms with Gasteiger partial charge in [-0.25, -0.2) is 4.98 Å². The number of halogens is 5. The Morgan fingerprint density at radius 3 is 2.71 bits per heavy atom. The van der Waals surface area contributed by atoms with Crippen molar-refractivity contribution in [1.29, 1.82) is 0 Å². The van der Waals surface area contributed by atoms with Crippen molar-refractivity contribution < 1.29 is 22.7 Å². The summed E-state index contributed by atoms with van der Waals surface area (Å²) in [5, 5.41) is -0.893. The van der Waals surface area contributed by atoms with E-state index in [2.05, 4.69) is 4.98 Å². The average Bonchev–Trinajstić information content (AvgIpc) is 2.98. The number of nitrogens with zero attached hydrogens (tertiary/aromatic N) is 2. The normalized spacial score (nSPS) is 17.0. The van der Waals surface area contributed by atoms with Crippen LogP contribution in [0.1, 0.15) is 11.1 Å². The smallest absolute Gasteiger partial charge is 0.429 e. The molecule has 24 heavy (non-hydrogen) atoms. The van der Waals surface area contributed by atoms with Crippen molar-refractivity contribution in [2.75, 3.05) is 0 Å². The van der Waals surface area contributed by atoms with Gasteiger partial charge < -0.3 is 9.30 Å². The molecule has 0 spiro atoms. The zero-order valence-corrected chi connectivity index (χ0v) is 13.4. The zero-order chi connectivity index (χ0) is 17.5. The van der Waals surface area contributed by atoms with Crippen molar-refractivity contribution in [3.63, 3.8) is 0 Å². The molecule has 0 bridgehead atoms. The molecule has 0 aliphatic carbocycles. The molecule has 0 N–H and O–H groups in total. The van der Waals surface area contributed by atoms with Gasteiger partial charge in [-0.05, 0) is 35.4 Å². The highest BCUT2D eigenvalue weighted by Gasteiger charge is 2.48. The third-order valence-electron chi connectivity index (χ3n) is 3.45. The standard InChI is InChI=1S/C15H9Cl2F3N2O2/c16-11-4-8-3-10(14(17)23)13(15(18,19)20)24-12(8)5-9(11)6-22-2-1-21-7-22/h1-5,7,13H,6H2. The number of imidazole rings is 1. The molecule has 0 fully saturated rings. The van der Waals surface area contributed by atoms with Crippen LogP contribution >= 0.6 is 23.2 Å². The number of benzene rings is 1. The summed E-state index contributed by atoms with van der Waals surface area (Å²) in [6.07, 6.45) is -1.29. The Hall–Kier alpha value is -1.99. The van der Waals surface area contributed by atoms with Crippen molar-refractivity contribution in [1.82, 2.24) is 9.55 Å². The van der Waals surface area contributed by atoms with Crippen LogP contribution in [0, 0.1) is 0 Å². The number of carbonyl (C=O) groups excluding carboxylic acids is 1. The van der Waals surface area contributed by atoms with Gasteiger partial charge in [-0.15, -0.1) is 0 Å². The fourth-order valence-electron chi connectivity index (χ4n) is 2.36. The average molecular weight is 377 g/mol. The SMILES string of the molecule is O=C(Cl)C1=Cc2cc(Cl)c(Cn3ccnc3)cc2OC1C(F)(F)F. The van der Waals surface area contributed by atoms with E-state index in [9.17, 15) is 18.0 Å². The molecule has 2 aromatic rings. The van der Waals surface area contributed by atoms with Crippen molar-refractivity contribution in [2.45, 2.75) is 18.8 Å². The van der Waals surface area contributed by atoms with Gasteiger partial charge in [0.15, 0.2) is 0 Å². The molecule has 1 unspecified atom stereocenters. The molecule has 2 heterocycles. The van der Waals surface area contributed by atoms with Crippen LogP contribution in [0.4, 0.5) is 13.2 Å². The number of fused-ring (bicyclic) bond motifs is 1. The van der Waals surface area contributed by atoms with Crippen LogP contribution in [-0.4, -0.2) is 27.1 Å². The number of alkyl halides is 3. The first-order chi connectivity index (χ1) is 11.3. The third kappa shape index (κ3) is 3.27. The molecular formula is C15H9Cl2F3N2O2. The van der Waals surface area contributed by atoms with E-state index in [4.69, 9.17) is 27.9 Å². The van der Waals surface area contributed by atoms with Crippen LogP contribution in [-0.2, 0) is 11.3 Å². The summed E-state index contributed by atoms with van der Waals surface area (Å²) < 4.78 is 46.1. The van der Waals surface area contributed by atoms with Gasteiger partial charge >= 0.3 is 6.18 Å². The van der Waals surface area contributed by atoms with Gasteiger partial charge in [0.25, 0.3) is 5.24 Å². The van der Waals surface area contributed by atoms with Crippen LogP contribution in [0.2, 0.25) is 5.02 Å². The number of carbonyl (C=O) groups is 1. The lowest BCUT2D eigenvalue weighted by molar-refractivity contribution is -0.184. The Balaban J connectivity index is 2.03. The van der Waals surface area contributed by atoms with Crippen molar-refractivity contribution >= 4 is 34.5 Å². The first-order valence-electron chi connectivity index (χ1n) is 6.68. The second kappa shape index (κ2) is 6.14. The second-order valence-electron chi connectivity index (χ2n) is 5.13. The quantitative estimate of drug-likeness (QED) is 0.758. The second-order valence-corrected chi connectivity index (χ2v) is 5.88. The molecule has 1 aliphatic heterocycles. The first-order valence-corrected chi connectivity index (χ1v) is 7.44. The predicted octanol–water partition coefficient (Wildman–Crippen LogP) is 4.06. The lowest BCUT2D eigenvalue weighted by Gasteiger charge is -2.27. The molecule has 0 radical (unpaired) electrons. The Kier molecular flexibility index (Phi) is 4.31. The molecule has 1 aliphatic rings. The molecule has 3 rings (SSSR count). The lowest BCUT2D eigenvalue weighted by Crippen LogP contribution is -2.39. The van der Waals surface area contributed by atoms with Gasteiger partial charge in [-0.2, -0.15) is 13.2 Å². The lowest BCUT2D eigenvalue weighted by atomic mass is 10.0. The van der Waals surface area contributed by atoms with E-state index in [1.54, 1.807) is 23.3 Å². The van der Waals surface area contributed by atoms with Crippen molar-refractivity contribution in [2.24, 2.45) is 0 Å². The van der Waals surface area contributed by atoms with Gasteiger partial charge in [0.1, 0.15) is 5.75 Å². The molecule has 1 atom stereocenters. The van der Waals surface area contributed by atoms with Crippen LogP contribution in [0.5, 0.6) is 5.75 Å². The summed E-state index contributed by atoms with van der Waals surface area (Å²) in [4.78, 5) is 15.2. The molecule has 4 nitrogen and oxygen atoms in total. The monoisotopic (exact) mass is 376 g/mol. The minimum absolute atomic E-state index is 0.0153. The highest BCUT2D eigenvalue weighted by Crippen LogP contribution is 2.40. The van der Waals surface area contributed by atoms with E-state index in [-0.39, 0.29) is 11.3 Å². The number of ether oxygens (including phenoxy) is 1. The highest BCUT2D eigenvalue weighted by molar-refractivity contribution is 6.68. The molecule has 9 heteroatoms. The maximum atomic E-state index is 13.1. The Labute approximate surface area is 144 Å². The molecule has 1 aromatic carbocycles. The van der Waals surface area contributed by atoms with Gasteiger partial charge in [0, 0.05) is 23.0 Å². The van der Waals surface area contributed by atoms with Gasteiger partial charge in [0.2, 0.25) is 6.10 Å². The third-order valence-corrected chi connectivity index (χ3v) is 4.02. The molecule has 126 valence electrons. The number of hydrogen-bond acceptors (Lipinski definition) is 3. The predicted molar refractivity (Wildman–Crippen MR) is 82.1 cm³/mol. The largest absolute Gasteiger partial charge is 0.475 e. The topological polar surface area (TPSA) is 44.1 Å². The first kappa shape index (κ1) is 16.9. The summed E-state index contributed by atoms with van der Waals surface area (Å²) in [5.41, 5.74) is 0.150. The number of aromatic nitrogens is 2. The summed E-state index contributed by atoms with van der Waals surface area (Å²) in [6, 6.07) is 2.86. The molecule has 0 saturated heterocycles. The maximum Gasteiger partial charge on any atom is 0.429 e. The Morgan fingerprint density at radius 1 is 1.38 bits per heavy atom. The van der Waals surface area contributed by atoms with E-state index in [0.29, 0.717) is 17.1 Å². The van der Waals surface area contributed by atoms with E-state index in [0.717, 1.165) is 6.08 Å². The van der Waals surface area contributed by atoms with Gasteiger partial charge in [-0.1, -0.05) is 11.6 Å². The minimum Gasteiger partial charge on any atom is -0.475 e. The summed E-state index contributed by atoms with van der Waals surface area (Å²) in [7, 11) is 0. The molecular weight excluding hydrogens is 368 g/mol. The Morgan fingerprint density at radius 2 is 2.12 bits per heavy atom. The fraction of sp³-hybridized carbons (Fsp3) is 0.200. The summed E-state index contributed by atoms with van der Waals surface area (Å²) in [5.74, 6) is -0.0153. The maximum absolute atomic E-state index is 13.1. The van der Waals surface area contributed by atoms with Gasteiger partial charge in [-0.3, -0.25) is 4.79 Å². The van der Waals surface area contributed by atoms with Crippen LogP contribution in [0.25, 0.3) is 6.08 Å². The van der Waals surface area contributed by atoms with Gasteiger partial charge in [0.05, 0.1) is 18.4 Å². The summed E-state index contributed by atoms with van der Waals surface area (Å²) in [6.45, 7) is 0.317. The van der Waals surface area contributed by atoms with E-state index in [1.165, 1.54) is 12.1 Å². The highest BCUT2D eigenvalue weighted by atomic mass is 35.5. The molecule has 1 aromatic heterocycles. The van der Waals surface area contributed by atoms with E-state index in [1.807, 2.05) is 0 Å². The fourth-order valence-corrected chi connectivity index (χ4v) is 2.75. The van der Waals surface area contributed by atoms with Crippen molar-refractivity contribution in [3.05, 3.63) is 52.6 Å². The minimum atomic E-state index is -4.77. The Bertz CT molecular complexity index is 817. The zero-order valence-electron chi connectivity index (χ0n) is 11.8. The number of hydrogen-bond donors (Lipinski definition) is 0. The molecule has 0 amide bonds. The van der Waals surface area contributed by atoms with Crippen LogP contribution < -0.4 is 4.74 Å². The van der Waals surface area contributed by atoms with Crippen molar-refractivity contribution in [3.8, 4) is 5.75 Å². The number of rotatable bonds is 3. The van der Waals surface area contributed by atoms with Crippen LogP contribution in [0.3, 0.4) is 0 Å². The van der Waals surface area contributed by atoms with E-state index >= 15 is 0 Å². The summed E-state index contributed by atoms with van der Waals surface area (Å²) >= 11 is 11.4. The molecule has 0 saturated carbocycles. The van der Waals surface area contributed by atoms with Crippen LogP contribution in [0.15, 0.2) is 36.4 Å².